The topological polar surface area (TPSA) is 3.24 Å². The van der Waals surface area contributed by atoms with E-state index in [1.165, 1.54) is 77.2 Å². The van der Waals surface area contributed by atoms with Crippen LogP contribution in [0.2, 0.25) is 0 Å². The van der Waals surface area contributed by atoms with E-state index in [1.54, 1.807) is 0 Å². The van der Waals surface area contributed by atoms with Crippen LogP contribution < -0.4 is 4.90 Å². The Morgan fingerprint density at radius 1 is 0.339 bits per heavy atom. The minimum Gasteiger partial charge on any atom is -0.310 e. The van der Waals surface area contributed by atoms with Crippen LogP contribution in [0.3, 0.4) is 0 Å². The van der Waals surface area contributed by atoms with Crippen molar-refractivity contribution >= 4 is 50.3 Å². The van der Waals surface area contributed by atoms with Gasteiger partial charge >= 0.3 is 0 Å². The molecule has 11 rings (SSSR count). The van der Waals surface area contributed by atoms with Crippen molar-refractivity contribution in [2.75, 3.05) is 4.90 Å². The van der Waals surface area contributed by atoms with Gasteiger partial charge in [0.1, 0.15) is 0 Å². The van der Waals surface area contributed by atoms with E-state index < -0.39 is 0 Å². The standard InChI is InChI=1S/C58H41N/c1-2-16-40(17-3-1)49-24-8-9-25-50(49)41-32-34-46(35-33-41)59(47-22-14-20-42(36-47)57-38-44-18-4-6-26-51(44)53-28-10-12-30-55(53)57)48-23-15-21-43(37-48)58-39-45-19-5-7-27-52(45)54-29-11-13-31-56(54)58/h1-39,53,55H. The number of hydrogen-bond acceptors (Lipinski definition) is 1. The Labute approximate surface area is 346 Å². The van der Waals surface area contributed by atoms with Gasteiger partial charge in [0, 0.05) is 28.9 Å². The third kappa shape index (κ3) is 6.29. The van der Waals surface area contributed by atoms with Gasteiger partial charge in [0.05, 0.1) is 0 Å². The fourth-order valence-electron chi connectivity index (χ4n) is 9.46. The molecule has 0 amide bonds. The van der Waals surface area contributed by atoms with Gasteiger partial charge in [-0.3, -0.25) is 0 Å². The van der Waals surface area contributed by atoms with Gasteiger partial charge < -0.3 is 4.90 Å². The van der Waals surface area contributed by atoms with Crippen LogP contribution in [0.15, 0.2) is 231 Å². The minimum absolute atomic E-state index is 0.270. The first-order valence-electron chi connectivity index (χ1n) is 20.6. The van der Waals surface area contributed by atoms with Crippen molar-refractivity contribution in [1.82, 2.24) is 0 Å². The molecular weight excluding hydrogens is 711 g/mol. The molecule has 0 saturated carbocycles. The smallest absolute Gasteiger partial charge is 0.0467 e. The summed E-state index contributed by atoms with van der Waals surface area (Å²) in [6.07, 6.45) is 11.6. The molecule has 2 aliphatic carbocycles. The highest BCUT2D eigenvalue weighted by Gasteiger charge is 2.30. The van der Waals surface area contributed by atoms with Crippen LogP contribution in [0.5, 0.6) is 0 Å². The lowest BCUT2D eigenvalue weighted by atomic mass is 9.71. The molecule has 9 aromatic carbocycles. The summed E-state index contributed by atoms with van der Waals surface area (Å²) in [4.78, 5) is 2.43. The number of anilines is 3. The highest BCUT2D eigenvalue weighted by molar-refractivity contribution is 6.14. The molecule has 2 unspecified atom stereocenters. The normalized spacial score (nSPS) is 15.4. The molecule has 0 saturated heterocycles. The van der Waals surface area contributed by atoms with Crippen molar-refractivity contribution < 1.29 is 0 Å². The molecule has 59 heavy (non-hydrogen) atoms. The second-order valence-electron chi connectivity index (χ2n) is 15.6. The molecule has 1 heteroatoms. The van der Waals surface area contributed by atoms with Crippen molar-refractivity contribution in [2.24, 2.45) is 5.92 Å². The van der Waals surface area contributed by atoms with Crippen molar-refractivity contribution in [3.8, 4) is 33.4 Å². The summed E-state index contributed by atoms with van der Waals surface area (Å²) in [6, 6.07) is 75.5. The molecule has 2 aliphatic rings. The fraction of sp³-hybridized carbons (Fsp3) is 0.0345. The number of nitrogens with zero attached hydrogens (tertiary/aromatic N) is 1. The van der Waals surface area contributed by atoms with Crippen molar-refractivity contribution in [2.45, 2.75) is 5.92 Å². The van der Waals surface area contributed by atoms with E-state index in [0.717, 1.165) is 17.1 Å². The minimum atomic E-state index is 0.270. The average Bonchev–Trinajstić information content (AvgIpc) is 3.32. The van der Waals surface area contributed by atoms with Gasteiger partial charge in [0.15, 0.2) is 0 Å². The largest absolute Gasteiger partial charge is 0.310 e. The molecular formula is C58H41N. The first-order valence-corrected chi connectivity index (χ1v) is 20.6. The van der Waals surface area contributed by atoms with Crippen LogP contribution in [0.1, 0.15) is 22.6 Å². The van der Waals surface area contributed by atoms with Crippen LogP contribution in [-0.2, 0) is 0 Å². The summed E-state index contributed by atoms with van der Waals surface area (Å²) >= 11 is 0. The van der Waals surface area contributed by atoms with Gasteiger partial charge in [-0.05, 0) is 120 Å². The summed E-state index contributed by atoms with van der Waals surface area (Å²) < 4.78 is 0. The Morgan fingerprint density at radius 2 is 0.915 bits per heavy atom. The molecule has 0 N–H and O–H groups in total. The molecule has 0 heterocycles. The van der Waals surface area contributed by atoms with Crippen LogP contribution in [0.25, 0.3) is 66.6 Å². The SMILES string of the molecule is C1=CC2C(c3cccc(N(c4ccc(-c5ccccc5-c5ccccc5)cc4)c4cccc(-c5cc6ccccc6c6ccccc56)c4)c3)=Cc3ccccc3C2C=C1. The van der Waals surface area contributed by atoms with Crippen molar-refractivity contribution in [1.29, 1.82) is 0 Å². The first-order chi connectivity index (χ1) is 29.3. The van der Waals surface area contributed by atoms with Gasteiger partial charge in [-0.1, -0.05) is 194 Å². The van der Waals surface area contributed by atoms with Gasteiger partial charge in [-0.25, -0.2) is 0 Å². The van der Waals surface area contributed by atoms with Crippen molar-refractivity contribution in [3.05, 3.63) is 247 Å². The maximum Gasteiger partial charge on any atom is 0.0467 e. The molecule has 2 atom stereocenters. The maximum atomic E-state index is 2.43. The lowest BCUT2D eigenvalue weighted by Gasteiger charge is -2.33. The molecule has 0 fully saturated rings. The Hall–Kier alpha value is -7.48. The zero-order valence-electron chi connectivity index (χ0n) is 32.6. The van der Waals surface area contributed by atoms with Gasteiger partial charge in [-0.15, -0.1) is 0 Å². The highest BCUT2D eigenvalue weighted by atomic mass is 15.1. The Balaban J connectivity index is 1.06. The molecule has 278 valence electrons. The average molecular weight is 752 g/mol. The number of rotatable bonds is 7. The highest BCUT2D eigenvalue weighted by Crippen LogP contribution is 2.47. The van der Waals surface area contributed by atoms with E-state index >= 15 is 0 Å². The second-order valence-corrected chi connectivity index (χ2v) is 15.6. The zero-order chi connectivity index (χ0) is 39.1. The first kappa shape index (κ1) is 34.7. The monoisotopic (exact) mass is 751 g/mol. The number of fused-ring (bicyclic) bond motifs is 6. The Bertz CT molecular complexity index is 3110. The molecule has 1 nitrogen and oxygen atoms in total. The van der Waals surface area contributed by atoms with E-state index in [-0.39, 0.29) is 5.92 Å². The number of hydrogen-bond donors (Lipinski definition) is 0. The third-order valence-corrected chi connectivity index (χ3v) is 12.2. The van der Waals surface area contributed by atoms with E-state index in [1.807, 2.05) is 0 Å². The second kappa shape index (κ2) is 14.8. The van der Waals surface area contributed by atoms with E-state index in [2.05, 4.69) is 242 Å². The quantitative estimate of drug-likeness (QED) is 0.147. The molecule has 0 radical (unpaired) electrons. The number of benzene rings is 9. The molecule has 9 aromatic rings. The van der Waals surface area contributed by atoms with Gasteiger partial charge in [0.25, 0.3) is 0 Å². The van der Waals surface area contributed by atoms with Crippen molar-refractivity contribution in [3.63, 3.8) is 0 Å². The summed E-state index contributed by atoms with van der Waals surface area (Å²) in [5.74, 6) is 0.586. The predicted molar refractivity (Wildman–Crippen MR) is 251 cm³/mol. The molecule has 0 aliphatic heterocycles. The summed E-state index contributed by atoms with van der Waals surface area (Å²) in [5.41, 5.74) is 15.9. The third-order valence-electron chi connectivity index (χ3n) is 12.2. The maximum absolute atomic E-state index is 2.43. The van der Waals surface area contributed by atoms with Gasteiger partial charge in [0.2, 0.25) is 0 Å². The number of allylic oxidation sites excluding steroid dienone is 5. The van der Waals surface area contributed by atoms with Gasteiger partial charge in [-0.2, -0.15) is 0 Å². The molecule has 0 spiro atoms. The lowest BCUT2D eigenvalue weighted by Crippen LogP contribution is -2.18. The molecule has 0 bridgehead atoms. The fourth-order valence-corrected chi connectivity index (χ4v) is 9.46. The van der Waals surface area contributed by atoms with Crippen LogP contribution >= 0.6 is 0 Å². The Morgan fingerprint density at radius 3 is 1.69 bits per heavy atom. The van der Waals surface area contributed by atoms with Crippen LogP contribution in [-0.4, -0.2) is 0 Å². The van der Waals surface area contributed by atoms with E-state index in [0.29, 0.717) is 5.92 Å². The van der Waals surface area contributed by atoms with Crippen LogP contribution in [0.4, 0.5) is 17.1 Å². The van der Waals surface area contributed by atoms with E-state index in [9.17, 15) is 0 Å². The summed E-state index contributed by atoms with van der Waals surface area (Å²) in [5, 5.41) is 5.05. The Kier molecular flexibility index (Phi) is 8.71. The zero-order valence-corrected chi connectivity index (χ0v) is 32.6. The molecule has 0 aromatic heterocycles. The summed E-state index contributed by atoms with van der Waals surface area (Å²) in [6.45, 7) is 0. The predicted octanol–water partition coefficient (Wildman–Crippen LogP) is 15.8. The lowest BCUT2D eigenvalue weighted by molar-refractivity contribution is 0.709. The summed E-state index contributed by atoms with van der Waals surface area (Å²) in [7, 11) is 0. The van der Waals surface area contributed by atoms with Crippen LogP contribution in [0, 0.1) is 5.92 Å². The van der Waals surface area contributed by atoms with E-state index in [4.69, 9.17) is 0 Å².